The van der Waals surface area contributed by atoms with Gasteiger partial charge in [-0.05, 0) is 11.9 Å². The third kappa shape index (κ3) is 1.15. The van der Waals surface area contributed by atoms with E-state index in [0.29, 0.717) is 10.6 Å². The highest BCUT2D eigenvalue weighted by Gasteiger charge is 2.04. The zero-order valence-electron chi connectivity index (χ0n) is 5.87. The molecular weight excluding hydrogens is 132 g/mol. The number of hydrogen-bond acceptors (Lipinski definition) is 3. The van der Waals surface area contributed by atoms with Crippen LogP contribution < -0.4 is 9.47 Å². The van der Waals surface area contributed by atoms with Crippen LogP contribution in [0.1, 0.15) is 5.56 Å². The minimum absolute atomic E-state index is 0.493. The molecule has 0 spiro atoms. The van der Waals surface area contributed by atoms with E-state index in [2.05, 4.69) is 4.98 Å². The van der Waals surface area contributed by atoms with Crippen molar-refractivity contribution in [1.29, 1.82) is 0 Å². The molecule has 4 nitrogen and oxygen atoms in total. The van der Waals surface area contributed by atoms with Crippen molar-refractivity contribution in [2.24, 2.45) is 0 Å². The summed E-state index contributed by atoms with van der Waals surface area (Å²) in [7, 11) is 1.52. The Morgan fingerprint density at radius 2 is 2.40 bits per heavy atom. The minimum atomic E-state index is 0.493. The normalized spacial score (nSPS) is 9.40. The van der Waals surface area contributed by atoms with Crippen LogP contribution in [-0.4, -0.2) is 12.1 Å². The maximum absolute atomic E-state index is 10.6. The maximum atomic E-state index is 10.6. The Morgan fingerprint density at radius 1 is 1.70 bits per heavy atom. The summed E-state index contributed by atoms with van der Waals surface area (Å²) in [6, 6.07) is 0. The first kappa shape index (κ1) is 6.80. The van der Waals surface area contributed by atoms with E-state index in [1.807, 2.05) is 0 Å². The van der Waals surface area contributed by atoms with Crippen LogP contribution in [0.25, 0.3) is 0 Å². The van der Waals surface area contributed by atoms with Crippen LogP contribution in [0.2, 0.25) is 0 Å². The van der Waals surface area contributed by atoms with Gasteiger partial charge < -0.3 is 9.94 Å². The second-order valence-electron chi connectivity index (χ2n) is 1.93. The van der Waals surface area contributed by atoms with Crippen LogP contribution in [0.3, 0.4) is 0 Å². The SMILES string of the molecule is COc1nc[n+]([O-])cc1C. The lowest BCUT2D eigenvalue weighted by atomic mass is 10.4. The average Bonchev–Trinajstić information content (AvgIpc) is 1.88. The van der Waals surface area contributed by atoms with Gasteiger partial charge in [-0.2, -0.15) is 0 Å². The van der Waals surface area contributed by atoms with Gasteiger partial charge in [0.1, 0.15) is 6.20 Å². The molecule has 0 atom stereocenters. The second-order valence-corrected chi connectivity index (χ2v) is 1.93. The number of methoxy groups -OCH3 is 1. The van der Waals surface area contributed by atoms with Crippen molar-refractivity contribution in [3.8, 4) is 5.88 Å². The number of rotatable bonds is 1. The first-order valence-corrected chi connectivity index (χ1v) is 2.83. The molecule has 0 fully saturated rings. The van der Waals surface area contributed by atoms with Gasteiger partial charge in [0.15, 0.2) is 0 Å². The highest BCUT2D eigenvalue weighted by Crippen LogP contribution is 2.07. The molecule has 0 saturated carbocycles. The first-order valence-electron chi connectivity index (χ1n) is 2.83. The van der Waals surface area contributed by atoms with Gasteiger partial charge in [-0.1, -0.05) is 0 Å². The Labute approximate surface area is 58.7 Å². The van der Waals surface area contributed by atoms with E-state index >= 15 is 0 Å². The van der Waals surface area contributed by atoms with Crippen molar-refractivity contribution in [3.63, 3.8) is 0 Å². The molecule has 0 aliphatic carbocycles. The summed E-state index contributed by atoms with van der Waals surface area (Å²) in [4.78, 5) is 3.72. The molecule has 1 rings (SSSR count). The summed E-state index contributed by atoms with van der Waals surface area (Å²) < 4.78 is 5.47. The van der Waals surface area contributed by atoms with Crippen molar-refractivity contribution < 1.29 is 9.47 Å². The highest BCUT2D eigenvalue weighted by molar-refractivity contribution is 5.17. The molecule has 1 aromatic heterocycles. The van der Waals surface area contributed by atoms with Crippen LogP contribution in [0, 0.1) is 12.1 Å². The molecule has 0 saturated heterocycles. The lowest BCUT2D eigenvalue weighted by Crippen LogP contribution is -2.26. The van der Waals surface area contributed by atoms with Crippen LogP contribution in [-0.2, 0) is 0 Å². The van der Waals surface area contributed by atoms with Gasteiger partial charge in [-0.3, -0.25) is 0 Å². The van der Waals surface area contributed by atoms with E-state index in [4.69, 9.17) is 4.74 Å². The van der Waals surface area contributed by atoms with Gasteiger partial charge in [0, 0.05) is 0 Å². The van der Waals surface area contributed by atoms with Crippen LogP contribution in [0.4, 0.5) is 0 Å². The van der Waals surface area contributed by atoms with Crippen molar-refractivity contribution in [2.45, 2.75) is 6.92 Å². The molecule has 0 aliphatic heterocycles. The molecule has 1 heterocycles. The minimum Gasteiger partial charge on any atom is -0.711 e. The Kier molecular flexibility index (Phi) is 1.71. The zero-order chi connectivity index (χ0) is 7.56. The summed E-state index contributed by atoms with van der Waals surface area (Å²) in [5.74, 6) is 0.493. The summed E-state index contributed by atoms with van der Waals surface area (Å²) in [5.41, 5.74) is 0.736. The molecule has 4 heteroatoms. The van der Waals surface area contributed by atoms with Crippen LogP contribution >= 0.6 is 0 Å². The standard InChI is InChI=1S/C6H8N2O2/c1-5-3-8(9)4-7-6(5)10-2/h3-4H,1-2H3. The monoisotopic (exact) mass is 140 g/mol. The van der Waals surface area contributed by atoms with Crippen molar-refractivity contribution in [1.82, 2.24) is 4.98 Å². The molecule has 0 N–H and O–H groups in total. The molecular formula is C6H8N2O2. The van der Waals surface area contributed by atoms with E-state index < -0.39 is 0 Å². The third-order valence-corrected chi connectivity index (χ3v) is 1.14. The number of aromatic nitrogens is 2. The largest absolute Gasteiger partial charge is 0.711 e. The molecule has 0 unspecified atom stereocenters. The number of ether oxygens (including phenoxy) is 1. The van der Waals surface area contributed by atoms with Crippen LogP contribution in [0.15, 0.2) is 12.5 Å². The summed E-state index contributed by atoms with van der Waals surface area (Å²) in [6.45, 7) is 1.76. The molecule has 0 aliphatic rings. The lowest BCUT2D eigenvalue weighted by Gasteiger charge is -2.00. The summed E-state index contributed by atoms with van der Waals surface area (Å²) in [5, 5.41) is 10.6. The molecule has 0 amide bonds. The molecule has 0 radical (unpaired) electrons. The van der Waals surface area contributed by atoms with Gasteiger partial charge in [0.25, 0.3) is 6.33 Å². The van der Waals surface area contributed by atoms with E-state index in [9.17, 15) is 5.21 Å². The van der Waals surface area contributed by atoms with Crippen molar-refractivity contribution in [2.75, 3.05) is 7.11 Å². The maximum Gasteiger partial charge on any atom is 0.334 e. The predicted molar refractivity (Wildman–Crippen MR) is 34.5 cm³/mol. The van der Waals surface area contributed by atoms with Gasteiger partial charge in [-0.15, -0.1) is 0 Å². The quantitative estimate of drug-likeness (QED) is 0.408. The predicted octanol–water partition coefficient (Wildman–Crippen LogP) is 0.0320. The fourth-order valence-corrected chi connectivity index (χ4v) is 0.704. The third-order valence-electron chi connectivity index (χ3n) is 1.14. The lowest BCUT2D eigenvalue weighted by molar-refractivity contribution is -0.609. The number of hydrogen-bond donors (Lipinski definition) is 0. The van der Waals surface area contributed by atoms with E-state index in [1.54, 1.807) is 6.92 Å². The van der Waals surface area contributed by atoms with Gasteiger partial charge >= 0.3 is 5.88 Å². The van der Waals surface area contributed by atoms with Crippen molar-refractivity contribution >= 4 is 0 Å². The van der Waals surface area contributed by atoms with E-state index in [0.717, 1.165) is 11.9 Å². The molecule has 0 aromatic carbocycles. The van der Waals surface area contributed by atoms with Gasteiger partial charge in [0.2, 0.25) is 0 Å². The first-order chi connectivity index (χ1) is 4.74. The van der Waals surface area contributed by atoms with E-state index in [1.165, 1.54) is 13.3 Å². The van der Waals surface area contributed by atoms with Crippen molar-refractivity contribution in [3.05, 3.63) is 23.3 Å². The average molecular weight is 140 g/mol. The Hall–Kier alpha value is -1.32. The second kappa shape index (κ2) is 2.51. The Bertz CT molecular complexity index is 237. The Morgan fingerprint density at radius 3 is 2.90 bits per heavy atom. The zero-order valence-corrected chi connectivity index (χ0v) is 5.87. The summed E-state index contributed by atoms with van der Waals surface area (Å²) >= 11 is 0. The smallest absolute Gasteiger partial charge is 0.334 e. The topological polar surface area (TPSA) is 49.1 Å². The van der Waals surface area contributed by atoms with Gasteiger partial charge in [-0.25, -0.2) is 4.73 Å². The number of nitrogens with zero attached hydrogens (tertiary/aromatic N) is 2. The van der Waals surface area contributed by atoms with Crippen LogP contribution in [0.5, 0.6) is 5.88 Å². The molecule has 10 heavy (non-hydrogen) atoms. The molecule has 1 aromatic rings. The fourth-order valence-electron chi connectivity index (χ4n) is 0.704. The highest BCUT2D eigenvalue weighted by atomic mass is 16.5. The number of aryl methyl sites for hydroxylation is 1. The van der Waals surface area contributed by atoms with Gasteiger partial charge in [0.05, 0.1) is 12.7 Å². The molecule has 0 bridgehead atoms. The van der Waals surface area contributed by atoms with E-state index in [-0.39, 0.29) is 0 Å². The molecule has 54 valence electrons. The Balaban J connectivity index is 3.07. The summed E-state index contributed by atoms with van der Waals surface area (Å²) in [6.07, 6.45) is 2.57. The fraction of sp³-hybridized carbons (Fsp3) is 0.333.